The molecule has 0 amide bonds. The predicted octanol–water partition coefficient (Wildman–Crippen LogP) is 2.09. The number of Topliss-reactive ketones (excluding diaryl/α,β-unsaturated/α-hetero) is 1. The molecule has 0 spiro atoms. The van der Waals surface area contributed by atoms with Crippen molar-refractivity contribution in [3.63, 3.8) is 0 Å². The van der Waals surface area contributed by atoms with Gasteiger partial charge in [0.15, 0.2) is 5.78 Å². The summed E-state index contributed by atoms with van der Waals surface area (Å²) in [5, 5.41) is 0. The van der Waals surface area contributed by atoms with Gasteiger partial charge < -0.3 is 9.47 Å². The smallest absolute Gasteiger partial charge is 0.213 e. The highest BCUT2D eigenvalue weighted by Gasteiger charge is 2.01. The number of aromatic nitrogens is 1. The summed E-state index contributed by atoms with van der Waals surface area (Å²) in [6, 6.07) is 3.39. The van der Waals surface area contributed by atoms with Crippen molar-refractivity contribution in [2.75, 3.05) is 13.2 Å². The van der Waals surface area contributed by atoms with Crippen LogP contribution in [0.5, 0.6) is 5.88 Å². The summed E-state index contributed by atoms with van der Waals surface area (Å²) in [4.78, 5) is 15.0. The van der Waals surface area contributed by atoms with E-state index in [0.717, 1.165) is 0 Å². The van der Waals surface area contributed by atoms with Gasteiger partial charge in [0.1, 0.15) is 6.61 Å². The first-order chi connectivity index (χ1) is 7.59. The molecule has 0 radical (unpaired) electrons. The van der Waals surface area contributed by atoms with Gasteiger partial charge >= 0.3 is 0 Å². The summed E-state index contributed by atoms with van der Waals surface area (Å²) in [5.74, 6) is 0.513. The standard InChI is InChI=1S/C12H17NO3/c1-9(2)15-6-7-16-12-5-4-11(8-13-12)10(3)14/h4-5,8-9H,6-7H2,1-3H3. The van der Waals surface area contributed by atoms with E-state index in [9.17, 15) is 4.79 Å². The minimum atomic E-state index is 0.00203. The van der Waals surface area contributed by atoms with E-state index in [1.165, 1.54) is 13.1 Å². The molecule has 4 heteroatoms. The third-order valence-corrected chi connectivity index (χ3v) is 1.93. The number of carbonyl (C=O) groups excluding carboxylic acids is 1. The lowest BCUT2D eigenvalue weighted by Crippen LogP contribution is -2.11. The van der Waals surface area contributed by atoms with E-state index in [1.807, 2.05) is 13.8 Å². The first-order valence-corrected chi connectivity index (χ1v) is 5.31. The number of nitrogens with zero attached hydrogens (tertiary/aromatic N) is 1. The lowest BCUT2D eigenvalue weighted by molar-refractivity contribution is 0.0542. The zero-order valence-corrected chi connectivity index (χ0v) is 9.90. The van der Waals surface area contributed by atoms with Crippen LogP contribution in [0.2, 0.25) is 0 Å². The Morgan fingerprint density at radius 2 is 2.12 bits per heavy atom. The quantitative estimate of drug-likeness (QED) is 0.547. The second-order valence-electron chi connectivity index (χ2n) is 3.71. The third kappa shape index (κ3) is 4.40. The van der Waals surface area contributed by atoms with Crippen LogP contribution in [0, 0.1) is 0 Å². The lowest BCUT2D eigenvalue weighted by Gasteiger charge is -2.08. The van der Waals surface area contributed by atoms with Crippen molar-refractivity contribution < 1.29 is 14.3 Å². The first kappa shape index (κ1) is 12.6. The second-order valence-corrected chi connectivity index (χ2v) is 3.71. The summed E-state index contributed by atoms with van der Waals surface area (Å²) in [6.07, 6.45) is 1.72. The van der Waals surface area contributed by atoms with E-state index < -0.39 is 0 Å². The van der Waals surface area contributed by atoms with Gasteiger partial charge in [-0.15, -0.1) is 0 Å². The molecule has 1 heterocycles. The fraction of sp³-hybridized carbons (Fsp3) is 0.500. The third-order valence-electron chi connectivity index (χ3n) is 1.93. The molecule has 0 fully saturated rings. The molecule has 0 aromatic carbocycles. The Hall–Kier alpha value is -1.42. The largest absolute Gasteiger partial charge is 0.475 e. The average molecular weight is 223 g/mol. The Labute approximate surface area is 95.6 Å². The molecule has 0 atom stereocenters. The van der Waals surface area contributed by atoms with E-state index in [1.54, 1.807) is 12.1 Å². The number of ketones is 1. The Balaban J connectivity index is 2.35. The molecule has 0 unspecified atom stereocenters. The molecule has 1 aromatic heterocycles. The van der Waals surface area contributed by atoms with Crippen molar-refractivity contribution in [1.29, 1.82) is 0 Å². The maximum atomic E-state index is 11.0. The van der Waals surface area contributed by atoms with Gasteiger partial charge in [-0.1, -0.05) is 0 Å². The predicted molar refractivity (Wildman–Crippen MR) is 60.8 cm³/mol. The summed E-state index contributed by atoms with van der Waals surface area (Å²) in [5.41, 5.74) is 0.589. The van der Waals surface area contributed by atoms with E-state index in [0.29, 0.717) is 24.7 Å². The normalized spacial score (nSPS) is 10.5. The Bertz CT molecular complexity index is 333. The van der Waals surface area contributed by atoms with Crippen LogP contribution in [-0.4, -0.2) is 30.1 Å². The van der Waals surface area contributed by atoms with Crippen molar-refractivity contribution in [1.82, 2.24) is 4.98 Å². The minimum absolute atomic E-state index is 0.00203. The number of hydrogen-bond acceptors (Lipinski definition) is 4. The van der Waals surface area contributed by atoms with Crippen LogP contribution < -0.4 is 4.74 Å². The molecule has 0 aliphatic carbocycles. The van der Waals surface area contributed by atoms with Gasteiger partial charge in [-0.2, -0.15) is 0 Å². The molecule has 0 N–H and O–H groups in total. The zero-order chi connectivity index (χ0) is 12.0. The summed E-state index contributed by atoms with van der Waals surface area (Å²) >= 11 is 0. The van der Waals surface area contributed by atoms with Gasteiger partial charge in [0.25, 0.3) is 0 Å². The van der Waals surface area contributed by atoms with Crippen LogP contribution >= 0.6 is 0 Å². The first-order valence-electron chi connectivity index (χ1n) is 5.31. The Kier molecular flexibility index (Phi) is 4.92. The second kappa shape index (κ2) is 6.23. The molecule has 0 aliphatic heterocycles. The van der Waals surface area contributed by atoms with Gasteiger partial charge in [-0.25, -0.2) is 4.98 Å². The van der Waals surface area contributed by atoms with Crippen molar-refractivity contribution in [3.05, 3.63) is 23.9 Å². The number of pyridine rings is 1. The molecule has 0 saturated heterocycles. The highest BCUT2D eigenvalue weighted by atomic mass is 16.5. The van der Waals surface area contributed by atoms with E-state index >= 15 is 0 Å². The number of rotatable bonds is 6. The summed E-state index contributed by atoms with van der Waals surface area (Å²) in [6.45, 7) is 6.45. The SMILES string of the molecule is CC(=O)c1ccc(OCCOC(C)C)nc1. The van der Waals surface area contributed by atoms with Crippen LogP contribution in [0.3, 0.4) is 0 Å². The van der Waals surface area contributed by atoms with Crippen LogP contribution in [0.1, 0.15) is 31.1 Å². The van der Waals surface area contributed by atoms with Gasteiger partial charge in [-0.05, 0) is 26.8 Å². The molecule has 16 heavy (non-hydrogen) atoms. The monoisotopic (exact) mass is 223 g/mol. The Morgan fingerprint density at radius 3 is 2.62 bits per heavy atom. The Morgan fingerprint density at radius 1 is 1.38 bits per heavy atom. The molecule has 1 rings (SSSR count). The highest BCUT2D eigenvalue weighted by molar-refractivity contribution is 5.93. The fourth-order valence-corrected chi connectivity index (χ4v) is 1.10. The van der Waals surface area contributed by atoms with Gasteiger partial charge in [0.2, 0.25) is 5.88 Å². The maximum absolute atomic E-state index is 11.0. The summed E-state index contributed by atoms with van der Waals surface area (Å²) in [7, 11) is 0. The van der Waals surface area contributed by atoms with Crippen molar-refractivity contribution in [2.45, 2.75) is 26.9 Å². The molecule has 0 aliphatic rings. The van der Waals surface area contributed by atoms with Crippen LogP contribution in [0.25, 0.3) is 0 Å². The highest BCUT2D eigenvalue weighted by Crippen LogP contribution is 2.07. The van der Waals surface area contributed by atoms with Gasteiger partial charge in [0.05, 0.1) is 12.7 Å². The zero-order valence-electron chi connectivity index (χ0n) is 9.90. The van der Waals surface area contributed by atoms with E-state index in [-0.39, 0.29) is 11.9 Å². The fourth-order valence-electron chi connectivity index (χ4n) is 1.10. The molecule has 0 bridgehead atoms. The molecule has 1 aromatic rings. The topological polar surface area (TPSA) is 48.4 Å². The van der Waals surface area contributed by atoms with Crippen LogP contribution in [0.15, 0.2) is 18.3 Å². The lowest BCUT2D eigenvalue weighted by atomic mass is 10.2. The molecular weight excluding hydrogens is 206 g/mol. The molecular formula is C12H17NO3. The maximum Gasteiger partial charge on any atom is 0.213 e. The van der Waals surface area contributed by atoms with Gasteiger partial charge in [0, 0.05) is 17.8 Å². The molecule has 88 valence electrons. The number of carbonyl (C=O) groups is 1. The minimum Gasteiger partial charge on any atom is -0.475 e. The van der Waals surface area contributed by atoms with E-state index in [2.05, 4.69) is 4.98 Å². The number of hydrogen-bond donors (Lipinski definition) is 0. The summed E-state index contributed by atoms with van der Waals surface area (Å²) < 4.78 is 10.7. The van der Waals surface area contributed by atoms with Crippen LogP contribution in [0.4, 0.5) is 0 Å². The van der Waals surface area contributed by atoms with Crippen LogP contribution in [-0.2, 0) is 4.74 Å². The molecule has 4 nitrogen and oxygen atoms in total. The van der Waals surface area contributed by atoms with Crippen molar-refractivity contribution in [3.8, 4) is 5.88 Å². The van der Waals surface area contributed by atoms with E-state index in [4.69, 9.17) is 9.47 Å². The van der Waals surface area contributed by atoms with Gasteiger partial charge in [-0.3, -0.25) is 4.79 Å². The average Bonchev–Trinajstić information content (AvgIpc) is 2.25. The number of ether oxygens (including phenoxy) is 2. The van der Waals surface area contributed by atoms with Crippen molar-refractivity contribution in [2.24, 2.45) is 0 Å². The van der Waals surface area contributed by atoms with Crippen molar-refractivity contribution >= 4 is 5.78 Å². The molecule has 0 saturated carbocycles.